The molecule has 6 nitrogen and oxygen atoms in total. The minimum Gasteiger partial charge on any atom is -0.316 e. The molecule has 1 aromatic heterocycles. The molecule has 0 bridgehead atoms. The molecule has 1 aromatic rings. The van der Waals surface area contributed by atoms with Crippen molar-refractivity contribution in [2.45, 2.75) is 26.7 Å². The maximum Gasteiger partial charge on any atom is 0.229 e. The molecule has 20 heavy (non-hydrogen) atoms. The van der Waals surface area contributed by atoms with Gasteiger partial charge in [0, 0.05) is 13.1 Å². The SMILES string of the molecule is CCS(=O)(=O)N1CCCC(C(=O)Nc2cc(C)ns2)C1. The van der Waals surface area contributed by atoms with E-state index in [0.29, 0.717) is 11.5 Å². The Morgan fingerprint density at radius 1 is 1.60 bits per heavy atom. The maximum atomic E-state index is 12.2. The quantitative estimate of drug-likeness (QED) is 0.911. The largest absolute Gasteiger partial charge is 0.316 e. The number of hydrogen-bond acceptors (Lipinski definition) is 5. The number of rotatable bonds is 4. The Bertz CT molecular complexity index is 583. The molecule has 0 radical (unpaired) electrons. The fourth-order valence-electron chi connectivity index (χ4n) is 2.24. The molecule has 2 heterocycles. The van der Waals surface area contributed by atoms with Crippen LogP contribution in [-0.2, 0) is 14.8 Å². The van der Waals surface area contributed by atoms with Crippen molar-refractivity contribution in [3.8, 4) is 0 Å². The average Bonchev–Trinajstić information content (AvgIpc) is 2.84. The highest BCUT2D eigenvalue weighted by atomic mass is 32.2. The van der Waals surface area contributed by atoms with Gasteiger partial charge in [-0.1, -0.05) is 0 Å². The van der Waals surface area contributed by atoms with E-state index in [-0.39, 0.29) is 24.1 Å². The summed E-state index contributed by atoms with van der Waals surface area (Å²) >= 11 is 1.24. The van der Waals surface area contributed by atoms with Crippen molar-refractivity contribution in [2.75, 3.05) is 24.2 Å². The summed E-state index contributed by atoms with van der Waals surface area (Å²) in [5, 5.41) is 3.53. The van der Waals surface area contributed by atoms with Crippen molar-refractivity contribution in [3.63, 3.8) is 0 Å². The van der Waals surface area contributed by atoms with Crippen molar-refractivity contribution < 1.29 is 13.2 Å². The van der Waals surface area contributed by atoms with Crippen LogP contribution >= 0.6 is 11.5 Å². The lowest BCUT2D eigenvalue weighted by molar-refractivity contribution is -0.120. The molecule has 1 saturated heterocycles. The molecule has 1 unspecified atom stereocenters. The third-order valence-corrected chi connectivity index (χ3v) is 6.03. The van der Waals surface area contributed by atoms with Gasteiger partial charge in [-0.25, -0.2) is 12.7 Å². The predicted molar refractivity (Wildman–Crippen MR) is 79.2 cm³/mol. The summed E-state index contributed by atoms with van der Waals surface area (Å²) in [6, 6.07) is 1.81. The number of carbonyl (C=O) groups is 1. The summed E-state index contributed by atoms with van der Waals surface area (Å²) in [6.45, 7) is 4.28. The molecule has 0 aliphatic carbocycles. The molecule has 0 saturated carbocycles. The highest BCUT2D eigenvalue weighted by molar-refractivity contribution is 7.89. The van der Waals surface area contributed by atoms with Crippen molar-refractivity contribution in [2.24, 2.45) is 5.92 Å². The number of carbonyl (C=O) groups excluding carboxylic acids is 1. The first-order valence-electron chi connectivity index (χ1n) is 6.64. The molecule has 2 rings (SSSR count). The van der Waals surface area contributed by atoms with Gasteiger partial charge in [-0.3, -0.25) is 4.79 Å². The maximum absolute atomic E-state index is 12.2. The van der Waals surface area contributed by atoms with Gasteiger partial charge in [0.1, 0.15) is 5.00 Å². The molecular formula is C12H19N3O3S2. The first kappa shape index (κ1) is 15.4. The van der Waals surface area contributed by atoms with Gasteiger partial charge in [0.15, 0.2) is 0 Å². The zero-order valence-corrected chi connectivity index (χ0v) is 13.3. The number of piperidine rings is 1. The summed E-state index contributed by atoms with van der Waals surface area (Å²) in [5.41, 5.74) is 0.865. The molecule has 112 valence electrons. The van der Waals surface area contributed by atoms with Crippen LogP contribution < -0.4 is 5.32 Å². The second kappa shape index (κ2) is 6.19. The van der Waals surface area contributed by atoms with E-state index in [4.69, 9.17) is 0 Å². The number of aromatic nitrogens is 1. The summed E-state index contributed by atoms with van der Waals surface area (Å²) < 4.78 is 29.3. The summed E-state index contributed by atoms with van der Waals surface area (Å²) in [5.74, 6) is -0.327. The molecule has 8 heteroatoms. The normalized spacial score (nSPS) is 20.8. The van der Waals surface area contributed by atoms with Crippen LogP contribution in [0.2, 0.25) is 0 Å². The zero-order valence-electron chi connectivity index (χ0n) is 11.6. The van der Waals surface area contributed by atoms with Crippen molar-refractivity contribution >= 4 is 32.5 Å². The highest BCUT2D eigenvalue weighted by Gasteiger charge is 2.31. The van der Waals surface area contributed by atoms with E-state index in [2.05, 4.69) is 9.69 Å². The summed E-state index contributed by atoms with van der Waals surface area (Å²) in [4.78, 5) is 12.2. The lowest BCUT2D eigenvalue weighted by Crippen LogP contribution is -2.44. The average molecular weight is 317 g/mol. The monoisotopic (exact) mass is 317 g/mol. The van der Waals surface area contributed by atoms with Crippen LogP contribution in [0.25, 0.3) is 0 Å². The van der Waals surface area contributed by atoms with E-state index in [0.717, 1.165) is 18.5 Å². The number of anilines is 1. The van der Waals surface area contributed by atoms with Crippen LogP contribution in [0.5, 0.6) is 0 Å². The van der Waals surface area contributed by atoms with Crippen molar-refractivity contribution in [1.82, 2.24) is 8.68 Å². The second-order valence-corrected chi connectivity index (χ2v) is 7.98. The van der Waals surface area contributed by atoms with Gasteiger partial charge >= 0.3 is 0 Å². The van der Waals surface area contributed by atoms with Crippen molar-refractivity contribution in [1.29, 1.82) is 0 Å². The van der Waals surface area contributed by atoms with Crippen LogP contribution in [0.15, 0.2) is 6.07 Å². The van der Waals surface area contributed by atoms with Gasteiger partial charge in [0.25, 0.3) is 0 Å². The number of nitrogens with one attached hydrogen (secondary N) is 1. The first-order chi connectivity index (χ1) is 9.42. The van der Waals surface area contributed by atoms with Gasteiger partial charge in [-0.15, -0.1) is 0 Å². The Hall–Kier alpha value is -0.990. The molecule has 0 aromatic carbocycles. The third kappa shape index (κ3) is 3.56. The van der Waals surface area contributed by atoms with Crippen molar-refractivity contribution in [3.05, 3.63) is 11.8 Å². The standard InChI is InChI=1S/C12H19N3O3S2/c1-3-20(17,18)15-6-4-5-10(8-15)12(16)13-11-7-9(2)14-19-11/h7,10H,3-6,8H2,1-2H3,(H,13,16). The molecule has 0 spiro atoms. The minimum atomic E-state index is -3.21. The van der Waals surface area contributed by atoms with Gasteiger partial charge in [0.05, 0.1) is 17.4 Å². The number of aryl methyl sites for hydroxylation is 1. The second-order valence-electron chi connectivity index (χ2n) is 4.92. The molecule has 1 aliphatic heterocycles. The molecular weight excluding hydrogens is 298 g/mol. The van der Waals surface area contributed by atoms with Gasteiger partial charge in [-0.2, -0.15) is 4.37 Å². The fraction of sp³-hybridized carbons (Fsp3) is 0.667. The Labute approximate surface area is 123 Å². The van der Waals surface area contributed by atoms with Gasteiger partial charge in [-0.05, 0) is 44.3 Å². The number of hydrogen-bond donors (Lipinski definition) is 1. The first-order valence-corrected chi connectivity index (χ1v) is 9.02. The number of sulfonamides is 1. The van der Waals surface area contributed by atoms with E-state index >= 15 is 0 Å². The Kier molecular flexibility index (Phi) is 4.77. The number of nitrogens with zero attached hydrogens (tertiary/aromatic N) is 2. The molecule has 1 aliphatic rings. The number of amides is 1. The summed E-state index contributed by atoms with van der Waals surface area (Å²) in [6.07, 6.45) is 1.44. The highest BCUT2D eigenvalue weighted by Crippen LogP contribution is 2.22. The van der Waals surface area contributed by atoms with E-state index in [1.165, 1.54) is 15.8 Å². The molecule has 1 fully saturated rings. The topological polar surface area (TPSA) is 79.4 Å². The lowest BCUT2D eigenvalue weighted by Gasteiger charge is -2.30. The molecule has 1 atom stereocenters. The smallest absolute Gasteiger partial charge is 0.229 e. The molecule has 1 amide bonds. The van der Waals surface area contributed by atoms with Crippen LogP contribution in [-0.4, -0.2) is 41.8 Å². The fourth-order valence-corrected chi connectivity index (χ4v) is 4.08. The predicted octanol–water partition coefficient (Wildman–Crippen LogP) is 1.45. The Morgan fingerprint density at radius 2 is 2.35 bits per heavy atom. The summed E-state index contributed by atoms with van der Waals surface area (Å²) in [7, 11) is -3.21. The lowest BCUT2D eigenvalue weighted by atomic mass is 9.99. The molecule has 1 N–H and O–H groups in total. The zero-order chi connectivity index (χ0) is 14.8. The van der Waals surface area contributed by atoms with Crippen LogP contribution in [0.1, 0.15) is 25.5 Å². The van der Waals surface area contributed by atoms with E-state index < -0.39 is 10.0 Å². The van der Waals surface area contributed by atoms with Crippen LogP contribution in [0, 0.1) is 12.8 Å². The Balaban J connectivity index is 2.00. The van der Waals surface area contributed by atoms with Gasteiger partial charge < -0.3 is 5.32 Å². The van der Waals surface area contributed by atoms with Crippen LogP contribution in [0.3, 0.4) is 0 Å². The van der Waals surface area contributed by atoms with E-state index in [9.17, 15) is 13.2 Å². The third-order valence-electron chi connectivity index (χ3n) is 3.39. The van der Waals surface area contributed by atoms with Crippen LogP contribution in [0.4, 0.5) is 5.00 Å². The van der Waals surface area contributed by atoms with E-state index in [1.807, 2.05) is 13.0 Å². The Morgan fingerprint density at radius 3 is 2.95 bits per heavy atom. The van der Waals surface area contributed by atoms with Gasteiger partial charge in [0.2, 0.25) is 15.9 Å². The minimum absolute atomic E-state index is 0.0787. The van der Waals surface area contributed by atoms with E-state index in [1.54, 1.807) is 6.92 Å².